The summed E-state index contributed by atoms with van der Waals surface area (Å²) in [7, 11) is 0. The van der Waals surface area contributed by atoms with Gasteiger partial charge >= 0.3 is 6.03 Å². The first-order valence-corrected chi connectivity index (χ1v) is 7.76. The number of hydrogen-bond acceptors (Lipinski definition) is 1. The van der Waals surface area contributed by atoms with E-state index in [4.69, 9.17) is 0 Å². The summed E-state index contributed by atoms with van der Waals surface area (Å²) in [5.41, 5.74) is 1.84. The number of hydrogen-bond donors (Lipinski definition) is 1. The Hall–Kier alpha value is -3.21. The molecule has 3 aromatic carbocycles. The van der Waals surface area contributed by atoms with Gasteiger partial charge in [0.25, 0.3) is 0 Å². The highest BCUT2D eigenvalue weighted by Gasteiger charge is 2.17. The number of nitrogens with one attached hydrogen (secondary N) is 1. The summed E-state index contributed by atoms with van der Waals surface area (Å²) < 4.78 is 26.4. The second-order valence-corrected chi connectivity index (χ2v) is 5.47. The SMILES string of the molecule is O=C(Nc1ccc(F)c(F)c1)N(Cc1ccccc1)c1ccccc1. The average Bonchev–Trinajstić information content (AvgIpc) is 2.64. The van der Waals surface area contributed by atoms with E-state index in [9.17, 15) is 13.6 Å². The third kappa shape index (κ3) is 4.20. The van der Waals surface area contributed by atoms with E-state index >= 15 is 0 Å². The zero-order valence-corrected chi connectivity index (χ0v) is 13.3. The Bertz CT molecular complexity index is 854. The predicted molar refractivity (Wildman–Crippen MR) is 94.4 cm³/mol. The van der Waals surface area contributed by atoms with Crippen LogP contribution in [0.5, 0.6) is 0 Å². The van der Waals surface area contributed by atoms with E-state index in [2.05, 4.69) is 5.32 Å². The molecule has 0 aliphatic rings. The lowest BCUT2D eigenvalue weighted by Gasteiger charge is -2.23. The van der Waals surface area contributed by atoms with Crippen LogP contribution in [0.4, 0.5) is 25.0 Å². The highest BCUT2D eigenvalue weighted by Crippen LogP contribution is 2.20. The van der Waals surface area contributed by atoms with Crippen LogP contribution >= 0.6 is 0 Å². The topological polar surface area (TPSA) is 32.3 Å². The Balaban J connectivity index is 1.85. The minimum absolute atomic E-state index is 0.192. The first-order chi connectivity index (χ1) is 12.1. The zero-order valence-electron chi connectivity index (χ0n) is 13.3. The van der Waals surface area contributed by atoms with Gasteiger partial charge in [0.15, 0.2) is 11.6 Å². The number of para-hydroxylation sites is 1. The van der Waals surface area contributed by atoms with Crippen LogP contribution in [-0.4, -0.2) is 6.03 Å². The van der Waals surface area contributed by atoms with Crippen molar-refractivity contribution in [1.82, 2.24) is 0 Å². The molecule has 3 rings (SSSR count). The molecule has 2 amide bonds. The number of carbonyl (C=O) groups is 1. The summed E-state index contributed by atoms with van der Waals surface area (Å²) >= 11 is 0. The Morgan fingerprint density at radius 1 is 0.840 bits per heavy atom. The van der Waals surface area contributed by atoms with Crippen molar-refractivity contribution in [3.05, 3.63) is 96.1 Å². The fourth-order valence-corrected chi connectivity index (χ4v) is 2.42. The molecule has 0 saturated heterocycles. The van der Waals surface area contributed by atoms with Gasteiger partial charge in [-0.3, -0.25) is 4.90 Å². The van der Waals surface area contributed by atoms with Crippen molar-refractivity contribution in [2.45, 2.75) is 6.54 Å². The predicted octanol–water partition coefficient (Wildman–Crippen LogP) is 5.20. The van der Waals surface area contributed by atoms with Gasteiger partial charge in [-0.25, -0.2) is 13.6 Å². The van der Waals surface area contributed by atoms with E-state index < -0.39 is 17.7 Å². The summed E-state index contributed by atoms with van der Waals surface area (Å²) in [5.74, 6) is -1.96. The minimum atomic E-state index is -1.01. The number of benzene rings is 3. The summed E-state index contributed by atoms with van der Waals surface area (Å²) in [6.45, 7) is 0.348. The second kappa shape index (κ2) is 7.57. The maximum atomic E-state index is 13.4. The average molecular weight is 338 g/mol. The van der Waals surface area contributed by atoms with E-state index in [-0.39, 0.29) is 5.69 Å². The molecule has 0 bridgehead atoms. The molecule has 0 heterocycles. The van der Waals surface area contributed by atoms with Gasteiger partial charge in [-0.1, -0.05) is 48.5 Å². The Kier molecular flexibility index (Phi) is 5.04. The maximum absolute atomic E-state index is 13.4. The third-order valence-corrected chi connectivity index (χ3v) is 3.67. The molecule has 126 valence electrons. The van der Waals surface area contributed by atoms with Crippen molar-refractivity contribution in [2.24, 2.45) is 0 Å². The summed E-state index contributed by atoms with van der Waals surface area (Å²) in [6.07, 6.45) is 0. The number of rotatable bonds is 4. The molecule has 25 heavy (non-hydrogen) atoms. The molecule has 0 saturated carbocycles. The van der Waals surface area contributed by atoms with Gasteiger partial charge in [-0.05, 0) is 29.8 Å². The third-order valence-electron chi connectivity index (χ3n) is 3.67. The molecule has 0 unspecified atom stereocenters. The number of nitrogens with zero attached hydrogens (tertiary/aromatic N) is 1. The largest absolute Gasteiger partial charge is 0.326 e. The smallest absolute Gasteiger partial charge is 0.307 e. The van der Waals surface area contributed by atoms with E-state index in [1.165, 1.54) is 11.0 Å². The number of halogens is 2. The highest BCUT2D eigenvalue weighted by atomic mass is 19.2. The van der Waals surface area contributed by atoms with Crippen LogP contribution in [0.1, 0.15) is 5.56 Å². The van der Waals surface area contributed by atoms with E-state index in [0.717, 1.165) is 17.7 Å². The standard InChI is InChI=1S/C20H16F2N2O/c21-18-12-11-16(13-19(18)22)23-20(25)24(17-9-5-2-6-10-17)14-15-7-3-1-4-8-15/h1-13H,14H2,(H,23,25). The lowest BCUT2D eigenvalue weighted by Crippen LogP contribution is -2.34. The molecule has 0 aliphatic heterocycles. The van der Waals surface area contributed by atoms with Gasteiger partial charge in [0.1, 0.15) is 0 Å². The van der Waals surface area contributed by atoms with E-state index in [1.54, 1.807) is 0 Å². The Morgan fingerprint density at radius 2 is 1.48 bits per heavy atom. The van der Waals surface area contributed by atoms with Crippen LogP contribution in [0.2, 0.25) is 0 Å². The molecule has 0 aliphatic carbocycles. The fourth-order valence-electron chi connectivity index (χ4n) is 2.42. The lowest BCUT2D eigenvalue weighted by molar-refractivity contribution is 0.256. The van der Waals surface area contributed by atoms with Crippen LogP contribution in [-0.2, 0) is 6.54 Å². The van der Waals surface area contributed by atoms with Crippen molar-refractivity contribution in [2.75, 3.05) is 10.2 Å². The number of urea groups is 1. The molecule has 0 atom stereocenters. The summed E-state index contributed by atoms with van der Waals surface area (Å²) in [4.78, 5) is 14.3. The van der Waals surface area contributed by atoms with Crippen LogP contribution in [0.25, 0.3) is 0 Å². The maximum Gasteiger partial charge on any atom is 0.326 e. The molecule has 0 fully saturated rings. The van der Waals surface area contributed by atoms with Crippen molar-refractivity contribution in [1.29, 1.82) is 0 Å². The molecule has 0 radical (unpaired) electrons. The monoisotopic (exact) mass is 338 g/mol. The van der Waals surface area contributed by atoms with Crippen molar-refractivity contribution in [3.63, 3.8) is 0 Å². The normalized spacial score (nSPS) is 10.3. The molecular formula is C20H16F2N2O. The zero-order chi connectivity index (χ0) is 17.6. The molecule has 1 N–H and O–H groups in total. The van der Waals surface area contributed by atoms with Crippen molar-refractivity contribution >= 4 is 17.4 Å². The first-order valence-electron chi connectivity index (χ1n) is 7.76. The minimum Gasteiger partial charge on any atom is -0.307 e. The van der Waals surface area contributed by atoms with Gasteiger partial charge < -0.3 is 5.32 Å². The highest BCUT2D eigenvalue weighted by molar-refractivity contribution is 6.01. The van der Waals surface area contributed by atoms with Crippen molar-refractivity contribution < 1.29 is 13.6 Å². The van der Waals surface area contributed by atoms with E-state index in [1.807, 2.05) is 60.7 Å². The summed E-state index contributed by atoms with van der Waals surface area (Å²) in [6, 6.07) is 21.5. The van der Waals surface area contributed by atoms with Gasteiger partial charge in [-0.2, -0.15) is 0 Å². The molecule has 5 heteroatoms. The fraction of sp³-hybridized carbons (Fsp3) is 0.0500. The molecule has 0 aromatic heterocycles. The number of carbonyl (C=O) groups excluding carboxylic acids is 1. The lowest BCUT2D eigenvalue weighted by atomic mass is 10.2. The van der Waals surface area contributed by atoms with Crippen LogP contribution in [0.3, 0.4) is 0 Å². The Labute approximate surface area is 144 Å². The van der Waals surface area contributed by atoms with Gasteiger partial charge in [0.05, 0.1) is 6.54 Å². The van der Waals surface area contributed by atoms with Crippen LogP contribution in [0.15, 0.2) is 78.9 Å². The Morgan fingerprint density at radius 3 is 2.12 bits per heavy atom. The molecular weight excluding hydrogens is 322 g/mol. The number of amides is 2. The van der Waals surface area contributed by atoms with Gasteiger partial charge in [0, 0.05) is 17.4 Å². The molecule has 3 nitrogen and oxygen atoms in total. The quantitative estimate of drug-likeness (QED) is 0.696. The van der Waals surface area contributed by atoms with Gasteiger partial charge in [0.2, 0.25) is 0 Å². The first kappa shape index (κ1) is 16.6. The van der Waals surface area contributed by atoms with Crippen LogP contribution < -0.4 is 10.2 Å². The van der Waals surface area contributed by atoms with E-state index in [0.29, 0.717) is 12.2 Å². The molecule has 3 aromatic rings. The second-order valence-electron chi connectivity index (χ2n) is 5.47. The van der Waals surface area contributed by atoms with Crippen molar-refractivity contribution in [3.8, 4) is 0 Å². The van der Waals surface area contributed by atoms with Gasteiger partial charge in [-0.15, -0.1) is 0 Å². The number of anilines is 2. The summed E-state index contributed by atoms with van der Waals surface area (Å²) in [5, 5.41) is 2.61. The van der Waals surface area contributed by atoms with Crippen LogP contribution in [0, 0.1) is 11.6 Å². The molecule has 0 spiro atoms.